The van der Waals surface area contributed by atoms with E-state index >= 15 is 0 Å². The zero-order valence-electron chi connectivity index (χ0n) is 38.9. The fourth-order valence-corrected chi connectivity index (χ4v) is 10.1. The van der Waals surface area contributed by atoms with Crippen molar-refractivity contribution < 1.29 is 57.2 Å². The molecule has 0 spiro atoms. The van der Waals surface area contributed by atoms with Crippen LogP contribution in [0.2, 0.25) is 0 Å². The highest BCUT2D eigenvalue weighted by molar-refractivity contribution is 5.93. The topological polar surface area (TPSA) is 230 Å². The van der Waals surface area contributed by atoms with E-state index in [4.69, 9.17) is 28.4 Å². The molecule has 0 aromatic heterocycles. The van der Waals surface area contributed by atoms with Crippen molar-refractivity contribution in [2.24, 2.45) is 4.99 Å². The summed E-state index contributed by atoms with van der Waals surface area (Å²) in [6, 6.07) is -1.04. The maximum atomic E-state index is 14.1. The molecule has 0 heterocycles. The number of ether oxygens (including phenoxy) is 6. The van der Waals surface area contributed by atoms with E-state index in [-0.39, 0.29) is 24.2 Å². The van der Waals surface area contributed by atoms with Crippen molar-refractivity contribution in [3.05, 3.63) is 12.2 Å². The lowest BCUT2D eigenvalue weighted by atomic mass is 9.96. The third-order valence-corrected chi connectivity index (χ3v) is 13.8. The number of allylic oxidation sites excluding steroid dienone is 1. The van der Waals surface area contributed by atoms with Crippen molar-refractivity contribution in [1.29, 1.82) is 0 Å². The van der Waals surface area contributed by atoms with Gasteiger partial charge in [-0.25, -0.2) is 28.8 Å². The molecule has 6 aliphatic carbocycles. The molecule has 0 aromatic carbocycles. The second kappa shape index (κ2) is 27.8. The smallest absolute Gasteiger partial charge is 0.434 e. The zero-order valence-corrected chi connectivity index (χ0v) is 38.9. The largest absolute Gasteiger partial charge is 0.445 e. The van der Waals surface area contributed by atoms with Crippen molar-refractivity contribution in [3.8, 4) is 0 Å². The van der Waals surface area contributed by atoms with E-state index in [0.717, 1.165) is 161 Å². The highest BCUT2D eigenvalue weighted by Gasteiger charge is 2.47. The second-order valence-corrected chi connectivity index (χ2v) is 19.1. The van der Waals surface area contributed by atoms with Crippen LogP contribution in [0.5, 0.6) is 0 Å². The van der Waals surface area contributed by atoms with Gasteiger partial charge in [0.1, 0.15) is 13.2 Å². The van der Waals surface area contributed by atoms with Gasteiger partial charge in [-0.3, -0.25) is 0 Å². The molecule has 0 radical (unpaired) electrons. The van der Waals surface area contributed by atoms with E-state index in [2.05, 4.69) is 31.6 Å². The highest BCUT2D eigenvalue weighted by atomic mass is 16.7. The van der Waals surface area contributed by atoms with Crippen molar-refractivity contribution >= 4 is 42.3 Å². The summed E-state index contributed by atoms with van der Waals surface area (Å²) in [5.74, 6) is 0. The molecule has 6 amide bonds. The van der Waals surface area contributed by atoms with Crippen molar-refractivity contribution in [1.82, 2.24) is 26.6 Å². The van der Waals surface area contributed by atoms with Crippen LogP contribution >= 0.6 is 0 Å². The third-order valence-electron chi connectivity index (χ3n) is 13.8. The Morgan fingerprint density at radius 2 is 0.848 bits per heavy atom. The third kappa shape index (κ3) is 18.1. The van der Waals surface area contributed by atoms with E-state index in [0.29, 0.717) is 25.0 Å². The van der Waals surface area contributed by atoms with Gasteiger partial charge in [0.15, 0.2) is 24.4 Å². The SMILES string of the molecule is O=C(N=C1CCCCC1)OC(C(COC(=O)NC1CCCCC1)OC(=O)NC1CCCCC1)C(OC(=O)NC1C=CCCC1)C(COC(=O)NC1CCCCC1)OC(=O)NC1CCCCC1. The Hall–Kier alpha value is -4.77. The van der Waals surface area contributed by atoms with E-state index in [9.17, 15) is 28.8 Å². The lowest BCUT2D eigenvalue weighted by molar-refractivity contribution is -0.129. The Morgan fingerprint density at radius 1 is 0.455 bits per heavy atom. The maximum Gasteiger partial charge on any atom is 0.434 e. The number of amides is 6. The summed E-state index contributed by atoms with van der Waals surface area (Å²) in [6.07, 6.45) is 15.2. The zero-order chi connectivity index (χ0) is 46.4. The molecule has 6 rings (SSSR count). The van der Waals surface area contributed by atoms with Crippen LogP contribution in [0.25, 0.3) is 0 Å². The predicted molar refractivity (Wildman–Crippen MR) is 244 cm³/mol. The minimum absolute atomic E-state index is 0.119. The molecule has 0 bridgehead atoms. The molecule has 5 fully saturated rings. The van der Waals surface area contributed by atoms with E-state index in [1.807, 2.05) is 12.2 Å². The molecule has 0 aliphatic heterocycles. The summed E-state index contributed by atoms with van der Waals surface area (Å²) in [7, 11) is 0. The molecule has 6 aliphatic rings. The first-order valence-electron chi connectivity index (χ1n) is 25.4. The van der Waals surface area contributed by atoms with Gasteiger partial charge in [-0.05, 0) is 96.3 Å². The summed E-state index contributed by atoms with van der Waals surface area (Å²) in [6.45, 7) is -1.33. The van der Waals surface area contributed by atoms with Crippen LogP contribution in [0.3, 0.4) is 0 Å². The Kier molecular flexibility index (Phi) is 21.3. The molecule has 18 nitrogen and oxygen atoms in total. The van der Waals surface area contributed by atoms with Crippen LogP contribution in [0.4, 0.5) is 28.8 Å². The van der Waals surface area contributed by atoms with Crippen LogP contribution in [0, 0.1) is 0 Å². The summed E-state index contributed by atoms with van der Waals surface area (Å²) >= 11 is 0. The molecule has 0 aromatic rings. The minimum atomic E-state index is -1.82. The molecule has 5 N–H and O–H groups in total. The van der Waals surface area contributed by atoms with Gasteiger partial charge in [0.25, 0.3) is 0 Å². The number of hydrogen-bond donors (Lipinski definition) is 5. The van der Waals surface area contributed by atoms with Crippen LogP contribution in [-0.4, -0.2) is 110 Å². The molecule has 5 saturated carbocycles. The summed E-state index contributed by atoms with van der Waals surface area (Å²) in [5.41, 5.74) is 0.613. The van der Waals surface area contributed by atoms with Crippen molar-refractivity contribution in [2.45, 2.75) is 234 Å². The quantitative estimate of drug-likeness (QED) is 0.0721. The lowest BCUT2D eigenvalue weighted by Crippen LogP contribution is -2.57. The molecule has 370 valence electrons. The Balaban J connectivity index is 1.35. The van der Waals surface area contributed by atoms with E-state index < -0.39 is 80.2 Å². The fourth-order valence-electron chi connectivity index (χ4n) is 10.1. The lowest BCUT2D eigenvalue weighted by Gasteiger charge is -2.36. The van der Waals surface area contributed by atoms with Gasteiger partial charge in [-0.15, -0.1) is 0 Å². The van der Waals surface area contributed by atoms with Crippen LogP contribution in [0.15, 0.2) is 17.1 Å². The van der Waals surface area contributed by atoms with Crippen LogP contribution in [0.1, 0.15) is 180 Å². The van der Waals surface area contributed by atoms with Crippen molar-refractivity contribution in [2.75, 3.05) is 13.2 Å². The number of aliphatic imine (C=N–C) groups is 1. The number of rotatable bonds is 16. The normalized spacial score (nSPS) is 23.0. The van der Waals surface area contributed by atoms with E-state index in [1.165, 1.54) is 0 Å². The van der Waals surface area contributed by atoms with Crippen molar-refractivity contribution in [3.63, 3.8) is 0 Å². The molecule has 18 heteroatoms. The van der Waals surface area contributed by atoms with Gasteiger partial charge < -0.3 is 55.0 Å². The average Bonchev–Trinajstić information content (AvgIpc) is 3.32. The Bertz CT molecular complexity index is 1610. The summed E-state index contributed by atoms with van der Waals surface area (Å²) in [5, 5.41) is 14.5. The first-order valence-corrected chi connectivity index (χ1v) is 25.4. The second-order valence-electron chi connectivity index (χ2n) is 19.1. The van der Waals surface area contributed by atoms with Crippen LogP contribution < -0.4 is 26.6 Å². The summed E-state index contributed by atoms with van der Waals surface area (Å²) in [4.78, 5) is 87.2. The Morgan fingerprint density at radius 3 is 1.27 bits per heavy atom. The molecule has 5 unspecified atom stereocenters. The van der Waals surface area contributed by atoms with Gasteiger partial charge in [-0.2, -0.15) is 4.99 Å². The molecule has 0 saturated heterocycles. The van der Waals surface area contributed by atoms with Crippen LogP contribution in [-0.2, 0) is 28.4 Å². The molecule has 5 atom stereocenters. The van der Waals surface area contributed by atoms with Gasteiger partial charge in [0.05, 0.1) is 6.04 Å². The highest BCUT2D eigenvalue weighted by Crippen LogP contribution is 2.26. The number of hydrogen-bond acceptors (Lipinski definition) is 12. The number of alkyl carbamates (subject to hydrolysis) is 5. The first kappa shape index (κ1) is 50.6. The number of nitrogens with zero attached hydrogens (tertiary/aromatic N) is 1. The maximum absolute atomic E-state index is 14.1. The number of carbonyl (C=O) groups excluding carboxylic acids is 6. The van der Waals surface area contributed by atoms with Gasteiger partial charge in [0, 0.05) is 29.9 Å². The fraction of sp³-hybridized carbons (Fsp3) is 0.812. The monoisotopic (exact) mass is 929 g/mol. The first-order chi connectivity index (χ1) is 32.2. The molecule has 66 heavy (non-hydrogen) atoms. The Labute approximate surface area is 389 Å². The van der Waals surface area contributed by atoms with Gasteiger partial charge in [-0.1, -0.05) is 95.6 Å². The number of carbonyl (C=O) groups is 6. The van der Waals surface area contributed by atoms with Gasteiger partial charge in [0.2, 0.25) is 0 Å². The molecular formula is C48H76N6O12. The standard InChI is InChI=1S/C48H76N6O12/c55-43(49-33-19-7-1-8-20-33)61-31-39(63-45(57)51-35-23-11-3-12-24-35)41(65-47(59)53-37-27-15-5-16-28-37)42(66-48(60)54-38-29-17-6-18-30-38)40(64-46(58)52-36-25-13-4-14-26-36)32-62-44(56)50-34-21-9-2-10-22-34/h15,27,33-37,39-42H,1-14,16-26,28-32H2,(H,49,55)(H,50,56)(H,51,57)(H,52,58)(H,53,59). The van der Waals surface area contributed by atoms with Gasteiger partial charge >= 0.3 is 36.6 Å². The summed E-state index contributed by atoms with van der Waals surface area (Å²) < 4.78 is 36.0. The minimum Gasteiger partial charge on any atom is -0.445 e. The average molecular weight is 929 g/mol. The number of nitrogens with one attached hydrogen (secondary N) is 5. The molecular weight excluding hydrogens is 853 g/mol. The predicted octanol–water partition coefficient (Wildman–Crippen LogP) is 9.07. The van der Waals surface area contributed by atoms with E-state index in [1.54, 1.807) is 0 Å².